The predicted molar refractivity (Wildman–Crippen MR) is 110 cm³/mol. The molecule has 0 aromatic heterocycles. The lowest BCUT2D eigenvalue weighted by molar-refractivity contribution is -0.120. The van der Waals surface area contributed by atoms with Crippen LogP contribution in [0.5, 0.6) is 0 Å². The lowest BCUT2D eigenvalue weighted by Gasteiger charge is -2.33. The maximum Gasteiger partial charge on any atom is 0.149 e. The van der Waals surface area contributed by atoms with Gasteiger partial charge in [-0.15, -0.1) is 0 Å². The zero-order chi connectivity index (χ0) is 18.0. The Bertz CT molecular complexity index is 905. The first-order chi connectivity index (χ1) is 12.0. The van der Waals surface area contributed by atoms with E-state index in [0.29, 0.717) is 11.1 Å². The Hall–Kier alpha value is -2.88. The number of ketones is 1. The molecule has 0 heterocycles. The number of hydrogen-bond donors (Lipinski definition) is 0. The lowest BCUT2D eigenvalue weighted by atomic mass is 9.67. The molecule has 3 aromatic rings. The zero-order valence-corrected chi connectivity index (χ0v) is 13.5. The molecule has 3 aromatic carbocycles. The number of rotatable bonds is 4. The van der Waals surface area contributed by atoms with Crippen molar-refractivity contribution in [2.24, 2.45) is 0 Å². The van der Waals surface area contributed by atoms with Gasteiger partial charge in [0.25, 0.3) is 0 Å². The van der Waals surface area contributed by atoms with Gasteiger partial charge in [-0.2, -0.15) is 0 Å². The van der Waals surface area contributed by atoms with Gasteiger partial charge in [-0.25, -0.2) is 13.2 Å². The highest BCUT2D eigenvalue weighted by Gasteiger charge is 2.43. The number of halogens is 3. The van der Waals surface area contributed by atoms with Gasteiger partial charge in [-0.3, -0.25) is 4.79 Å². The van der Waals surface area contributed by atoms with Crippen LogP contribution in [-0.4, -0.2) is 5.78 Å². The molecule has 4 heteroatoms. The minimum absolute atomic E-state index is 0. The molecule has 0 fully saturated rings. The molecule has 0 saturated heterocycles. The molecule has 1 atom stereocenters. The van der Waals surface area contributed by atoms with Crippen LogP contribution in [0.4, 0.5) is 13.2 Å². The average molecular weight is 388 g/mol. The van der Waals surface area contributed by atoms with Crippen LogP contribution in [0.25, 0.3) is 0 Å². The van der Waals surface area contributed by atoms with E-state index in [4.69, 9.17) is 0 Å². The Morgan fingerprint density at radius 2 is 1.21 bits per heavy atom. The Morgan fingerprint density at radius 3 is 1.71 bits per heavy atom. The van der Waals surface area contributed by atoms with Crippen molar-refractivity contribution in [2.75, 3.05) is 0 Å². The van der Waals surface area contributed by atoms with Gasteiger partial charge in [0.2, 0.25) is 0 Å². The van der Waals surface area contributed by atoms with Crippen molar-refractivity contribution >= 4 is 5.78 Å². The van der Waals surface area contributed by atoms with Gasteiger partial charge in [-0.05, 0) is 36.2 Å². The zero-order valence-electron chi connectivity index (χ0n) is 13.5. The Kier molecular flexibility index (Phi) is 8.87. The Morgan fingerprint density at radius 1 is 0.714 bits per heavy atom. The molecule has 0 amide bonds. The molecule has 150 valence electrons. The summed E-state index contributed by atoms with van der Waals surface area (Å²) in [6, 6.07) is 17.1. The number of hydrogen-bond acceptors (Lipinski definition) is 1. The molecule has 3 rings (SSSR count). The van der Waals surface area contributed by atoms with E-state index < -0.39 is 22.9 Å². The fourth-order valence-electron chi connectivity index (χ4n) is 3.26. The standard InChI is InChI=1S/C21H15F3O.3CH4/c1-14(25)21(15-5-3-2-4-6-15,16-7-9-17(22)10-8-16)19-12-11-18(23)13-20(19)24;;;/h2-13H,1H3;3*1H4. The number of carbonyl (C=O) groups excluding carboxylic acids is 1. The minimum atomic E-state index is -1.49. The van der Waals surface area contributed by atoms with Gasteiger partial charge in [-0.1, -0.05) is 70.8 Å². The molecule has 0 aliphatic rings. The highest BCUT2D eigenvalue weighted by Crippen LogP contribution is 2.41. The third kappa shape index (κ3) is 4.16. The van der Waals surface area contributed by atoms with E-state index in [2.05, 4.69) is 0 Å². The van der Waals surface area contributed by atoms with Crippen LogP contribution in [0.3, 0.4) is 0 Å². The summed E-state index contributed by atoms with van der Waals surface area (Å²) in [6.07, 6.45) is 0. The quantitative estimate of drug-likeness (QED) is 0.443. The third-order valence-corrected chi connectivity index (χ3v) is 4.35. The van der Waals surface area contributed by atoms with E-state index in [1.54, 1.807) is 30.3 Å². The second kappa shape index (κ2) is 9.88. The third-order valence-electron chi connectivity index (χ3n) is 4.35. The molecule has 0 spiro atoms. The smallest absolute Gasteiger partial charge is 0.149 e. The molecule has 0 saturated carbocycles. The van der Waals surface area contributed by atoms with E-state index in [-0.39, 0.29) is 33.6 Å². The summed E-state index contributed by atoms with van der Waals surface area (Å²) in [6.45, 7) is 1.35. The van der Waals surface area contributed by atoms with Crippen LogP contribution in [0.15, 0.2) is 72.8 Å². The van der Waals surface area contributed by atoms with Crippen LogP contribution < -0.4 is 0 Å². The van der Waals surface area contributed by atoms with Gasteiger partial charge >= 0.3 is 0 Å². The summed E-state index contributed by atoms with van der Waals surface area (Å²) in [5.41, 5.74) is -0.524. The van der Waals surface area contributed by atoms with Gasteiger partial charge in [0.15, 0.2) is 0 Å². The first-order valence-corrected chi connectivity index (χ1v) is 7.74. The highest BCUT2D eigenvalue weighted by atomic mass is 19.1. The van der Waals surface area contributed by atoms with E-state index in [1.807, 2.05) is 0 Å². The topological polar surface area (TPSA) is 17.1 Å². The van der Waals surface area contributed by atoms with Crippen molar-refractivity contribution in [3.63, 3.8) is 0 Å². The van der Waals surface area contributed by atoms with Crippen molar-refractivity contribution in [2.45, 2.75) is 34.6 Å². The van der Waals surface area contributed by atoms with Gasteiger partial charge in [0.1, 0.15) is 28.6 Å². The molecule has 1 nitrogen and oxygen atoms in total. The van der Waals surface area contributed by atoms with Crippen molar-refractivity contribution in [3.8, 4) is 0 Å². The predicted octanol–water partition coefficient (Wildman–Crippen LogP) is 6.94. The molecular weight excluding hydrogens is 361 g/mol. The number of benzene rings is 3. The second-order valence-corrected chi connectivity index (χ2v) is 5.80. The van der Waals surface area contributed by atoms with E-state index in [0.717, 1.165) is 12.1 Å². The number of carbonyl (C=O) groups is 1. The maximum atomic E-state index is 14.7. The van der Waals surface area contributed by atoms with Crippen LogP contribution in [0, 0.1) is 17.5 Å². The summed E-state index contributed by atoms with van der Waals surface area (Å²) < 4.78 is 41.5. The molecule has 0 aliphatic heterocycles. The lowest BCUT2D eigenvalue weighted by Crippen LogP contribution is -2.38. The fourth-order valence-corrected chi connectivity index (χ4v) is 3.26. The summed E-state index contributed by atoms with van der Waals surface area (Å²) in [5, 5.41) is 0. The first-order valence-electron chi connectivity index (χ1n) is 7.74. The first kappa shape index (κ1) is 25.1. The minimum Gasteiger partial charge on any atom is -0.298 e. The van der Waals surface area contributed by atoms with Crippen molar-refractivity contribution in [1.29, 1.82) is 0 Å². The SMILES string of the molecule is C.C.C.CC(=O)C(c1ccccc1)(c1ccc(F)cc1)c1ccc(F)cc1F. The van der Waals surface area contributed by atoms with Crippen LogP contribution >= 0.6 is 0 Å². The monoisotopic (exact) mass is 388 g/mol. The molecule has 0 bridgehead atoms. The van der Waals surface area contributed by atoms with Gasteiger partial charge in [0.05, 0.1) is 0 Å². The Labute approximate surface area is 165 Å². The molecular formula is C24H27F3O. The molecule has 1 unspecified atom stereocenters. The van der Waals surface area contributed by atoms with E-state index in [9.17, 15) is 18.0 Å². The maximum absolute atomic E-state index is 14.7. The molecule has 0 aliphatic carbocycles. The number of Topliss-reactive ketones (excluding diaryl/α,β-unsaturated/α-hetero) is 1. The highest BCUT2D eigenvalue weighted by molar-refractivity contribution is 5.96. The van der Waals surface area contributed by atoms with Gasteiger partial charge < -0.3 is 0 Å². The summed E-state index contributed by atoms with van der Waals surface area (Å²) in [4.78, 5) is 12.8. The van der Waals surface area contributed by atoms with E-state index >= 15 is 0 Å². The second-order valence-electron chi connectivity index (χ2n) is 5.80. The van der Waals surface area contributed by atoms with Gasteiger partial charge in [0, 0.05) is 11.6 Å². The van der Waals surface area contributed by atoms with Crippen molar-refractivity contribution in [3.05, 3.63) is 107 Å². The summed E-state index contributed by atoms with van der Waals surface area (Å²) >= 11 is 0. The van der Waals surface area contributed by atoms with Crippen molar-refractivity contribution in [1.82, 2.24) is 0 Å². The summed E-state index contributed by atoms with van der Waals surface area (Å²) in [5.74, 6) is -2.38. The largest absolute Gasteiger partial charge is 0.298 e. The molecule has 0 N–H and O–H groups in total. The summed E-state index contributed by atoms with van der Waals surface area (Å²) in [7, 11) is 0. The normalized spacial score (nSPS) is 11.9. The van der Waals surface area contributed by atoms with Crippen LogP contribution in [0.2, 0.25) is 0 Å². The van der Waals surface area contributed by atoms with Crippen molar-refractivity contribution < 1.29 is 18.0 Å². The average Bonchev–Trinajstić information content (AvgIpc) is 2.59. The van der Waals surface area contributed by atoms with Crippen LogP contribution in [-0.2, 0) is 10.2 Å². The van der Waals surface area contributed by atoms with E-state index in [1.165, 1.54) is 37.3 Å². The van der Waals surface area contributed by atoms with Crippen LogP contribution in [0.1, 0.15) is 45.9 Å². The fraction of sp³-hybridized carbons (Fsp3) is 0.208. The Balaban J connectivity index is 0.00000243. The molecule has 28 heavy (non-hydrogen) atoms. The molecule has 0 radical (unpaired) electrons.